The lowest BCUT2D eigenvalue weighted by molar-refractivity contribution is 0.0652. The highest BCUT2D eigenvalue weighted by molar-refractivity contribution is 5.95. The van der Waals surface area contributed by atoms with E-state index >= 15 is 0 Å². The average molecular weight is 287 g/mol. The molecule has 110 valence electrons. The quantitative estimate of drug-likeness (QED) is 0.847. The summed E-state index contributed by atoms with van der Waals surface area (Å²) >= 11 is 0. The fourth-order valence-electron chi connectivity index (χ4n) is 2.42. The molecule has 1 amide bonds. The number of carbonyl (C=O) groups excluding carboxylic acids is 1. The summed E-state index contributed by atoms with van der Waals surface area (Å²) in [5, 5.41) is 11.1. The third-order valence-electron chi connectivity index (χ3n) is 3.96. The van der Waals surface area contributed by atoms with Crippen LogP contribution in [-0.4, -0.2) is 51.2 Å². The maximum absolute atomic E-state index is 12.5. The van der Waals surface area contributed by atoms with Crippen LogP contribution in [0.1, 0.15) is 29.6 Å². The number of hydrogen-bond donors (Lipinski definition) is 0. The van der Waals surface area contributed by atoms with Crippen molar-refractivity contribution in [2.75, 3.05) is 14.2 Å². The Morgan fingerprint density at radius 3 is 2.81 bits per heavy atom. The molecule has 0 saturated heterocycles. The summed E-state index contributed by atoms with van der Waals surface area (Å²) in [6.07, 6.45) is 4.83. The van der Waals surface area contributed by atoms with Gasteiger partial charge in [0.05, 0.1) is 7.11 Å². The van der Waals surface area contributed by atoms with Gasteiger partial charge in [0.25, 0.3) is 5.91 Å². The van der Waals surface area contributed by atoms with Gasteiger partial charge in [0.2, 0.25) is 0 Å². The predicted octanol–water partition coefficient (Wildman–Crippen LogP) is 1.30. The minimum atomic E-state index is 0.0108. The molecule has 7 nitrogen and oxygen atoms in total. The van der Waals surface area contributed by atoms with Crippen LogP contribution < -0.4 is 4.74 Å². The van der Waals surface area contributed by atoms with Gasteiger partial charge in [0.15, 0.2) is 0 Å². The molecule has 2 aromatic rings. The second-order valence-electron chi connectivity index (χ2n) is 5.14. The average Bonchev–Trinajstić information content (AvgIpc) is 2.98. The molecule has 0 aliphatic heterocycles. The normalized spacial score (nSPS) is 14.6. The third kappa shape index (κ3) is 2.46. The molecular weight excluding hydrogens is 270 g/mol. The number of hydrogen-bond acceptors (Lipinski definition) is 5. The van der Waals surface area contributed by atoms with Gasteiger partial charge in [-0.15, -0.1) is 5.10 Å². The molecule has 1 heterocycles. The molecule has 7 heteroatoms. The summed E-state index contributed by atoms with van der Waals surface area (Å²) in [6.45, 7) is 0. The van der Waals surface area contributed by atoms with Gasteiger partial charge in [-0.3, -0.25) is 4.79 Å². The Balaban J connectivity index is 1.93. The molecule has 0 spiro atoms. The molecule has 1 aromatic heterocycles. The minimum Gasteiger partial charge on any atom is -0.494 e. The number of nitrogens with zero attached hydrogens (tertiary/aromatic N) is 5. The zero-order valence-electron chi connectivity index (χ0n) is 12.1. The van der Waals surface area contributed by atoms with Gasteiger partial charge in [0, 0.05) is 18.7 Å². The summed E-state index contributed by atoms with van der Waals surface area (Å²) in [6, 6.07) is 5.64. The number of tetrazole rings is 1. The fourth-order valence-corrected chi connectivity index (χ4v) is 2.42. The third-order valence-corrected chi connectivity index (χ3v) is 3.96. The lowest BCUT2D eigenvalue weighted by atomic mass is 9.91. The van der Waals surface area contributed by atoms with Crippen LogP contribution in [0.3, 0.4) is 0 Å². The molecule has 0 bridgehead atoms. The number of amides is 1. The number of ether oxygens (including phenoxy) is 1. The van der Waals surface area contributed by atoms with E-state index in [2.05, 4.69) is 15.5 Å². The smallest absolute Gasteiger partial charge is 0.253 e. The zero-order valence-corrected chi connectivity index (χ0v) is 12.1. The van der Waals surface area contributed by atoms with Crippen molar-refractivity contribution in [2.45, 2.75) is 25.3 Å². The number of benzene rings is 1. The summed E-state index contributed by atoms with van der Waals surface area (Å²) in [4.78, 5) is 14.3. The van der Waals surface area contributed by atoms with Crippen LogP contribution in [0.5, 0.6) is 5.75 Å². The van der Waals surface area contributed by atoms with E-state index in [1.54, 1.807) is 25.3 Å². The molecule has 1 fully saturated rings. The minimum absolute atomic E-state index is 0.0108. The van der Waals surface area contributed by atoms with Crippen molar-refractivity contribution in [1.29, 1.82) is 0 Å². The number of rotatable bonds is 4. The first kappa shape index (κ1) is 13.5. The monoisotopic (exact) mass is 287 g/mol. The Kier molecular flexibility index (Phi) is 3.55. The van der Waals surface area contributed by atoms with Gasteiger partial charge in [-0.25, -0.2) is 0 Å². The highest BCUT2D eigenvalue weighted by atomic mass is 16.5. The molecule has 1 aromatic carbocycles. The van der Waals surface area contributed by atoms with E-state index in [0.29, 0.717) is 23.0 Å². The number of methoxy groups -OCH3 is 1. The Labute approximate surface area is 122 Å². The molecule has 0 N–H and O–H groups in total. The molecule has 1 aliphatic carbocycles. The Morgan fingerprint density at radius 1 is 1.43 bits per heavy atom. The van der Waals surface area contributed by atoms with E-state index in [1.807, 2.05) is 11.9 Å². The van der Waals surface area contributed by atoms with E-state index in [4.69, 9.17) is 4.74 Å². The topological polar surface area (TPSA) is 73.1 Å². The molecule has 0 unspecified atom stereocenters. The Bertz CT molecular complexity index is 637. The van der Waals surface area contributed by atoms with Gasteiger partial charge in [-0.1, -0.05) is 0 Å². The van der Waals surface area contributed by atoms with Crippen LogP contribution in [0.15, 0.2) is 24.5 Å². The van der Waals surface area contributed by atoms with Crippen molar-refractivity contribution in [3.05, 3.63) is 30.1 Å². The van der Waals surface area contributed by atoms with Gasteiger partial charge in [-0.05, 0) is 47.9 Å². The van der Waals surface area contributed by atoms with Gasteiger partial charge < -0.3 is 9.64 Å². The number of aromatic nitrogens is 4. The molecule has 0 radical (unpaired) electrons. The summed E-state index contributed by atoms with van der Waals surface area (Å²) in [7, 11) is 3.43. The zero-order chi connectivity index (χ0) is 14.8. The second-order valence-corrected chi connectivity index (χ2v) is 5.14. The van der Waals surface area contributed by atoms with Gasteiger partial charge in [-0.2, -0.15) is 4.68 Å². The lowest BCUT2D eigenvalue weighted by Crippen LogP contribution is -2.41. The molecule has 3 rings (SSSR count). The predicted molar refractivity (Wildman–Crippen MR) is 75.4 cm³/mol. The van der Waals surface area contributed by atoms with E-state index < -0.39 is 0 Å². The van der Waals surface area contributed by atoms with Crippen LogP contribution in [0.25, 0.3) is 5.69 Å². The summed E-state index contributed by atoms with van der Waals surface area (Å²) < 4.78 is 6.79. The Hall–Kier alpha value is -2.44. The fraction of sp³-hybridized carbons (Fsp3) is 0.429. The first-order valence-corrected chi connectivity index (χ1v) is 6.89. The highest BCUT2D eigenvalue weighted by Gasteiger charge is 2.26. The van der Waals surface area contributed by atoms with E-state index in [9.17, 15) is 4.79 Å². The first-order valence-electron chi connectivity index (χ1n) is 6.89. The molecule has 1 aliphatic rings. The van der Waals surface area contributed by atoms with Crippen LogP contribution in [-0.2, 0) is 0 Å². The lowest BCUT2D eigenvalue weighted by Gasteiger charge is -2.34. The molecular formula is C14H17N5O2. The first-order chi connectivity index (χ1) is 10.2. The molecule has 1 saturated carbocycles. The second kappa shape index (κ2) is 5.51. The van der Waals surface area contributed by atoms with Crippen LogP contribution >= 0.6 is 0 Å². The molecule has 0 atom stereocenters. The van der Waals surface area contributed by atoms with Crippen LogP contribution in [0, 0.1) is 0 Å². The van der Waals surface area contributed by atoms with Crippen LogP contribution in [0.2, 0.25) is 0 Å². The van der Waals surface area contributed by atoms with Crippen molar-refractivity contribution < 1.29 is 9.53 Å². The van der Waals surface area contributed by atoms with Gasteiger partial charge >= 0.3 is 0 Å². The van der Waals surface area contributed by atoms with E-state index in [0.717, 1.165) is 12.8 Å². The van der Waals surface area contributed by atoms with Crippen molar-refractivity contribution in [1.82, 2.24) is 25.1 Å². The maximum Gasteiger partial charge on any atom is 0.253 e. The number of carbonyl (C=O) groups is 1. The van der Waals surface area contributed by atoms with Crippen molar-refractivity contribution in [3.63, 3.8) is 0 Å². The van der Waals surface area contributed by atoms with Crippen molar-refractivity contribution >= 4 is 5.91 Å². The molecule has 21 heavy (non-hydrogen) atoms. The van der Waals surface area contributed by atoms with E-state index in [-0.39, 0.29) is 5.91 Å². The summed E-state index contributed by atoms with van der Waals surface area (Å²) in [5.41, 5.74) is 1.26. The van der Waals surface area contributed by atoms with Crippen LogP contribution in [0.4, 0.5) is 0 Å². The van der Waals surface area contributed by atoms with Crippen molar-refractivity contribution in [3.8, 4) is 11.4 Å². The largest absolute Gasteiger partial charge is 0.494 e. The SMILES string of the molecule is COc1ccc(C(=O)N(C)C2CCC2)cc1-n1cnnn1. The van der Waals surface area contributed by atoms with Gasteiger partial charge in [0.1, 0.15) is 17.8 Å². The Morgan fingerprint density at radius 2 is 2.24 bits per heavy atom. The standard InChI is InChI=1S/C14H17N5O2/c1-18(11-4-3-5-11)14(20)10-6-7-13(21-2)12(8-10)19-9-15-16-17-19/h6-9,11H,3-5H2,1-2H3. The van der Waals surface area contributed by atoms with E-state index in [1.165, 1.54) is 17.4 Å². The highest BCUT2D eigenvalue weighted by Crippen LogP contribution is 2.27. The maximum atomic E-state index is 12.5. The van der Waals surface area contributed by atoms with Crippen molar-refractivity contribution in [2.24, 2.45) is 0 Å². The summed E-state index contributed by atoms with van der Waals surface area (Å²) in [5.74, 6) is 0.627.